The van der Waals surface area contributed by atoms with Gasteiger partial charge in [-0.2, -0.15) is 0 Å². The Labute approximate surface area is 206 Å². The molecule has 1 aromatic heterocycles. The van der Waals surface area contributed by atoms with Gasteiger partial charge in [-0.05, 0) is 69.4 Å². The molecule has 7 heteroatoms. The predicted octanol–water partition coefficient (Wildman–Crippen LogP) is 4.46. The Morgan fingerprint density at radius 1 is 1.03 bits per heavy atom. The third kappa shape index (κ3) is 5.39. The molecule has 0 spiro atoms. The van der Waals surface area contributed by atoms with Gasteiger partial charge in [0.05, 0.1) is 13.0 Å². The van der Waals surface area contributed by atoms with Crippen LogP contribution < -0.4 is 10.2 Å². The molecule has 1 heterocycles. The molecule has 1 aliphatic carbocycles. The van der Waals surface area contributed by atoms with Crippen molar-refractivity contribution in [1.82, 2.24) is 9.88 Å². The summed E-state index contributed by atoms with van der Waals surface area (Å²) in [6, 6.07) is 17.4. The second-order valence-electron chi connectivity index (χ2n) is 9.20. The highest BCUT2D eigenvalue weighted by atomic mass is 16.5. The molecule has 1 saturated carbocycles. The lowest BCUT2D eigenvalue weighted by atomic mass is 9.86. The highest BCUT2D eigenvalue weighted by Crippen LogP contribution is 2.26. The van der Waals surface area contributed by atoms with Crippen molar-refractivity contribution in [3.05, 3.63) is 65.9 Å². The predicted molar refractivity (Wildman–Crippen MR) is 136 cm³/mol. The molecule has 0 radical (unpaired) electrons. The molecule has 0 unspecified atom stereocenters. The van der Waals surface area contributed by atoms with E-state index in [0.29, 0.717) is 25.1 Å². The van der Waals surface area contributed by atoms with Gasteiger partial charge in [0.15, 0.2) is 0 Å². The second kappa shape index (κ2) is 10.8. The summed E-state index contributed by atoms with van der Waals surface area (Å²) in [4.78, 5) is 40.3. The third-order valence-corrected chi connectivity index (χ3v) is 6.86. The van der Waals surface area contributed by atoms with Crippen molar-refractivity contribution < 1.29 is 19.1 Å². The first kappa shape index (κ1) is 24.5. The fourth-order valence-corrected chi connectivity index (χ4v) is 4.99. The molecule has 0 atom stereocenters. The topological polar surface area (TPSA) is 80.6 Å². The maximum atomic E-state index is 13.4. The fraction of sp³-hybridized carbons (Fsp3) is 0.393. The van der Waals surface area contributed by atoms with E-state index in [0.717, 1.165) is 35.0 Å². The molecular weight excluding hydrogens is 442 g/mol. The van der Waals surface area contributed by atoms with Gasteiger partial charge in [0.2, 0.25) is 5.91 Å². The van der Waals surface area contributed by atoms with E-state index in [2.05, 4.69) is 5.32 Å². The molecule has 35 heavy (non-hydrogen) atoms. The van der Waals surface area contributed by atoms with Crippen LogP contribution in [-0.2, 0) is 20.9 Å². The largest absolute Gasteiger partial charge is 0.469 e. The van der Waals surface area contributed by atoms with Crippen molar-refractivity contribution in [2.45, 2.75) is 52.1 Å². The SMILES string of the molecule is CCN(C(=O)Cn1c(C(=O)NC2CCC(C(=O)OC)CC2)cc2ccccc21)c1cccc(C)c1. The number of nitrogens with one attached hydrogen (secondary N) is 1. The third-order valence-electron chi connectivity index (χ3n) is 6.86. The number of amides is 2. The van der Waals surface area contributed by atoms with Crippen LogP contribution in [0, 0.1) is 12.8 Å². The number of methoxy groups -OCH3 is 1. The Balaban J connectivity index is 1.55. The van der Waals surface area contributed by atoms with E-state index in [1.807, 2.05) is 73.0 Å². The maximum Gasteiger partial charge on any atom is 0.308 e. The van der Waals surface area contributed by atoms with E-state index in [-0.39, 0.29) is 36.3 Å². The molecular formula is C28H33N3O4. The van der Waals surface area contributed by atoms with Crippen molar-refractivity contribution in [1.29, 1.82) is 0 Å². The van der Waals surface area contributed by atoms with Gasteiger partial charge in [-0.25, -0.2) is 0 Å². The molecule has 3 aromatic rings. The average molecular weight is 476 g/mol. The standard InChI is InChI=1S/C28H33N3O4/c1-4-30(23-10-7-8-19(2)16-23)26(32)18-31-24-11-6-5-9-21(24)17-25(31)27(33)29-22-14-12-20(13-15-22)28(34)35-3/h5-11,16-17,20,22H,4,12-15,18H2,1-3H3,(H,29,33). The van der Waals surface area contributed by atoms with Crippen LogP contribution in [0.15, 0.2) is 54.6 Å². The summed E-state index contributed by atoms with van der Waals surface area (Å²) >= 11 is 0. The minimum Gasteiger partial charge on any atom is -0.469 e. The minimum atomic E-state index is -0.200. The Morgan fingerprint density at radius 3 is 2.46 bits per heavy atom. The number of hydrogen-bond donors (Lipinski definition) is 1. The molecule has 1 aliphatic rings. The van der Waals surface area contributed by atoms with E-state index in [4.69, 9.17) is 4.74 Å². The van der Waals surface area contributed by atoms with Gasteiger partial charge in [-0.1, -0.05) is 30.3 Å². The zero-order valence-corrected chi connectivity index (χ0v) is 20.6. The van der Waals surface area contributed by atoms with Crippen molar-refractivity contribution in [2.75, 3.05) is 18.6 Å². The molecule has 2 amide bonds. The van der Waals surface area contributed by atoms with E-state index >= 15 is 0 Å². The summed E-state index contributed by atoms with van der Waals surface area (Å²) in [6.07, 6.45) is 2.84. The lowest BCUT2D eigenvalue weighted by Gasteiger charge is -2.28. The maximum absolute atomic E-state index is 13.4. The molecule has 184 valence electrons. The summed E-state index contributed by atoms with van der Waals surface area (Å²) in [5.74, 6) is -0.553. The van der Waals surface area contributed by atoms with Crippen molar-refractivity contribution in [3.8, 4) is 0 Å². The number of aryl methyl sites for hydroxylation is 1. The van der Waals surface area contributed by atoms with Crippen LogP contribution in [0.2, 0.25) is 0 Å². The van der Waals surface area contributed by atoms with Crippen LogP contribution in [0.1, 0.15) is 48.7 Å². The number of esters is 1. The summed E-state index contributed by atoms with van der Waals surface area (Å²) < 4.78 is 6.67. The molecule has 0 aliphatic heterocycles. The smallest absolute Gasteiger partial charge is 0.308 e. The molecule has 1 N–H and O–H groups in total. The highest BCUT2D eigenvalue weighted by Gasteiger charge is 2.29. The molecule has 2 aromatic carbocycles. The number of hydrogen-bond acceptors (Lipinski definition) is 4. The molecule has 4 rings (SSSR count). The average Bonchev–Trinajstić information content (AvgIpc) is 3.23. The van der Waals surface area contributed by atoms with Gasteiger partial charge >= 0.3 is 5.97 Å². The lowest BCUT2D eigenvalue weighted by molar-refractivity contribution is -0.146. The molecule has 0 bridgehead atoms. The second-order valence-corrected chi connectivity index (χ2v) is 9.20. The fourth-order valence-electron chi connectivity index (χ4n) is 4.99. The van der Waals surface area contributed by atoms with Crippen LogP contribution in [0.3, 0.4) is 0 Å². The van der Waals surface area contributed by atoms with E-state index in [1.54, 1.807) is 4.90 Å². The number of likely N-dealkylation sites (N-methyl/N-ethyl adjacent to an activating group) is 1. The quantitative estimate of drug-likeness (QED) is 0.512. The number of nitrogens with zero attached hydrogens (tertiary/aromatic N) is 2. The van der Waals surface area contributed by atoms with Crippen molar-refractivity contribution >= 4 is 34.4 Å². The highest BCUT2D eigenvalue weighted by molar-refractivity contribution is 6.01. The summed E-state index contributed by atoms with van der Waals surface area (Å²) in [7, 11) is 1.41. The number of aromatic nitrogens is 1. The number of fused-ring (bicyclic) bond motifs is 1. The first-order valence-corrected chi connectivity index (χ1v) is 12.2. The van der Waals surface area contributed by atoms with E-state index in [1.165, 1.54) is 7.11 Å². The van der Waals surface area contributed by atoms with Gasteiger partial charge in [0, 0.05) is 29.2 Å². The summed E-state index contributed by atoms with van der Waals surface area (Å²) in [5, 5.41) is 4.05. The monoisotopic (exact) mass is 475 g/mol. The van der Waals surface area contributed by atoms with Crippen LogP contribution in [0.25, 0.3) is 10.9 Å². The Bertz CT molecular complexity index is 1220. The van der Waals surface area contributed by atoms with Crippen LogP contribution in [0.5, 0.6) is 0 Å². The van der Waals surface area contributed by atoms with Gasteiger partial charge < -0.3 is 19.5 Å². The Hall–Kier alpha value is -3.61. The van der Waals surface area contributed by atoms with Crippen molar-refractivity contribution in [3.63, 3.8) is 0 Å². The number of anilines is 1. The van der Waals surface area contributed by atoms with Gasteiger partial charge in [-0.3, -0.25) is 14.4 Å². The van der Waals surface area contributed by atoms with E-state index in [9.17, 15) is 14.4 Å². The minimum absolute atomic E-state index is 0.00926. The molecule has 1 fully saturated rings. The molecule has 7 nitrogen and oxygen atoms in total. The first-order valence-electron chi connectivity index (χ1n) is 12.2. The number of para-hydroxylation sites is 1. The number of benzene rings is 2. The summed E-state index contributed by atoms with van der Waals surface area (Å²) in [6.45, 7) is 4.55. The number of carbonyl (C=O) groups is 3. The zero-order chi connectivity index (χ0) is 24.9. The van der Waals surface area contributed by atoms with Crippen LogP contribution >= 0.6 is 0 Å². The van der Waals surface area contributed by atoms with Gasteiger partial charge in [0.1, 0.15) is 12.2 Å². The number of rotatable bonds is 7. The van der Waals surface area contributed by atoms with Crippen LogP contribution in [-0.4, -0.2) is 42.0 Å². The first-order chi connectivity index (χ1) is 16.9. The number of ether oxygens (including phenoxy) is 1. The zero-order valence-electron chi connectivity index (χ0n) is 20.6. The summed E-state index contributed by atoms with van der Waals surface area (Å²) in [5.41, 5.74) is 3.25. The Morgan fingerprint density at radius 2 is 1.77 bits per heavy atom. The number of carbonyl (C=O) groups excluding carboxylic acids is 3. The van der Waals surface area contributed by atoms with Gasteiger partial charge in [-0.15, -0.1) is 0 Å². The molecule has 0 saturated heterocycles. The Kier molecular flexibility index (Phi) is 7.54. The van der Waals surface area contributed by atoms with E-state index < -0.39 is 0 Å². The lowest BCUT2D eigenvalue weighted by Crippen LogP contribution is -2.40. The normalized spacial score (nSPS) is 17.7. The van der Waals surface area contributed by atoms with Crippen LogP contribution in [0.4, 0.5) is 5.69 Å². The van der Waals surface area contributed by atoms with Crippen molar-refractivity contribution in [2.24, 2.45) is 5.92 Å². The van der Waals surface area contributed by atoms with Gasteiger partial charge in [0.25, 0.3) is 5.91 Å².